The van der Waals surface area contributed by atoms with Crippen molar-refractivity contribution in [1.82, 2.24) is 15.6 Å². The predicted molar refractivity (Wildman–Crippen MR) is 70.0 cm³/mol. The van der Waals surface area contributed by atoms with Crippen molar-refractivity contribution in [3.05, 3.63) is 16.1 Å². The second kappa shape index (κ2) is 7.22. The van der Waals surface area contributed by atoms with Crippen LogP contribution in [0.1, 0.15) is 30.2 Å². The van der Waals surface area contributed by atoms with Crippen LogP contribution in [-0.2, 0) is 6.54 Å². The molecule has 0 saturated carbocycles. The minimum absolute atomic E-state index is 0.699. The summed E-state index contributed by atoms with van der Waals surface area (Å²) < 4.78 is 0. The standard InChI is InChI=1S/C11H20N4S/c1-4-6-13-11(12-5-2)15-8-10-7-14-9(3)16-10/h7H,4-6,8H2,1-3H3,(H2,12,13,15). The lowest BCUT2D eigenvalue weighted by molar-refractivity contribution is 0.786. The number of aryl methyl sites for hydroxylation is 1. The van der Waals surface area contributed by atoms with E-state index in [4.69, 9.17) is 0 Å². The summed E-state index contributed by atoms with van der Waals surface area (Å²) in [6.45, 7) is 8.76. The van der Waals surface area contributed by atoms with Crippen molar-refractivity contribution in [2.24, 2.45) is 4.99 Å². The van der Waals surface area contributed by atoms with E-state index in [1.54, 1.807) is 11.3 Å². The second-order valence-corrected chi connectivity index (χ2v) is 4.79. The molecular weight excluding hydrogens is 220 g/mol. The van der Waals surface area contributed by atoms with Gasteiger partial charge in [0.15, 0.2) is 5.96 Å². The largest absolute Gasteiger partial charge is 0.357 e. The van der Waals surface area contributed by atoms with Crippen LogP contribution in [0.25, 0.3) is 0 Å². The number of hydrogen-bond acceptors (Lipinski definition) is 3. The van der Waals surface area contributed by atoms with Gasteiger partial charge in [-0.3, -0.25) is 0 Å². The molecule has 16 heavy (non-hydrogen) atoms. The van der Waals surface area contributed by atoms with E-state index >= 15 is 0 Å². The molecule has 0 aliphatic heterocycles. The average molecular weight is 240 g/mol. The Kier molecular flexibility index (Phi) is 5.85. The first-order chi connectivity index (χ1) is 7.76. The normalized spacial score (nSPS) is 11.6. The SMILES string of the molecule is CCCNC(=NCc1cnc(C)s1)NCC. The van der Waals surface area contributed by atoms with Gasteiger partial charge in [-0.1, -0.05) is 6.92 Å². The Morgan fingerprint density at radius 2 is 2.25 bits per heavy atom. The zero-order valence-electron chi connectivity index (χ0n) is 10.2. The molecule has 0 spiro atoms. The number of nitrogens with zero attached hydrogens (tertiary/aromatic N) is 2. The highest BCUT2D eigenvalue weighted by Crippen LogP contribution is 2.12. The molecule has 1 heterocycles. The van der Waals surface area contributed by atoms with Crippen molar-refractivity contribution >= 4 is 17.3 Å². The van der Waals surface area contributed by atoms with Crippen LogP contribution < -0.4 is 10.6 Å². The number of rotatable bonds is 5. The third-order valence-electron chi connectivity index (χ3n) is 1.95. The smallest absolute Gasteiger partial charge is 0.191 e. The molecule has 1 aromatic rings. The molecule has 0 aromatic carbocycles. The van der Waals surface area contributed by atoms with Crippen molar-refractivity contribution in [3.8, 4) is 0 Å². The van der Waals surface area contributed by atoms with Gasteiger partial charge in [0.2, 0.25) is 0 Å². The van der Waals surface area contributed by atoms with Crippen LogP contribution in [0, 0.1) is 6.92 Å². The fourth-order valence-corrected chi connectivity index (χ4v) is 1.94. The van der Waals surface area contributed by atoms with E-state index in [0.29, 0.717) is 6.54 Å². The molecule has 0 bridgehead atoms. The number of thiazole rings is 1. The Bertz CT molecular complexity index is 332. The molecule has 0 unspecified atom stereocenters. The Labute approximate surface area is 101 Å². The average Bonchev–Trinajstić information content (AvgIpc) is 2.68. The topological polar surface area (TPSA) is 49.3 Å². The summed E-state index contributed by atoms with van der Waals surface area (Å²) in [7, 11) is 0. The van der Waals surface area contributed by atoms with Crippen molar-refractivity contribution in [2.45, 2.75) is 33.7 Å². The van der Waals surface area contributed by atoms with Gasteiger partial charge in [0.25, 0.3) is 0 Å². The maximum atomic E-state index is 4.50. The summed E-state index contributed by atoms with van der Waals surface area (Å²) in [5, 5.41) is 7.58. The number of aromatic nitrogens is 1. The van der Waals surface area contributed by atoms with Gasteiger partial charge in [0, 0.05) is 24.2 Å². The van der Waals surface area contributed by atoms with E-state index in [-0.39, 0.29) is 0 Å². The van der Waals surface area contributed by atoms with Crippen LogP contribution in [0.3, 0.4) is 0 Å². The third kappa shape index (κ3) is 4.61. The van der Waals surface area contributed by atoms with Gasteiger partial charge < -0.3 is 10.6 Å². The number of nitrogens with one attached hydrogen (secondary N) is 2. The fourth-order valence-electron chi connectivity index (χ4n) is 1.22. The molecule has 0 aliphatic rings. The van der Waals surface area contributed by atoms with Crippen LogP contribution in [0.2, 0.25) is 0 Å². The van der Waals surface area contributed by atoms with Crippen LogP contribution in [-0.4, -0.2) is 24.0 Å². The molecule has 0 fully saturated rings. The van der Waals surface area contributed by atoms with Gasteiger partial charge in [-0.2, -0.15) is 0 Å². The summed E-state index contributed by atoms with van der Waals surface area (Å²) in [6.07, 6.45) is 3.00. The van der Waals surface area contributed by atoms with Gasteiger partial charge in [-0.05, 0) is 20.3 Å². The quantitative estimate of drug-likeness (QED) is 0.610. The van der Waals surface area contributed by atoms with Crippen LogP contribution in [0.5, 0.6) is 0 Å². The summed E-state index contributed by atoms with van der Waals surface area (Å²) in [5.74, 6) is 0.885. The van der Waals surface area contributed by atoms with Gasteiger partial charge in [0.05, 0.1) is 11.6 Å². The van der Waals surface area contributed by atoms with E-state index in [2.05, 4.69) is 34.5 Å². The zero-order valence-corrected chi connectivity index (χ0v) is 11.0. The van der Waals surface area contributed by atoms with Gasteiger partial charge in [0.1, 0.15) is 0 Å². The van der Waals surface area contributed by atoms with Crippen molar-refractivity contribution in [1.29, 1.82) is 0 Å². The lowest BCUT2D eigenvalue weighted by Gasteiger charge is -2.09. The van der Waals surface area contributed by atoms with E-state index in [1.165, 1.54) is 4.88 Å². The Morgan fingerprint density at radius 1 is 1.44 bits per heavy atom. The van der Waals surface area contributed by atoms with Crippen LogP contribution in [0.4, 0.5) is 0 Å². The molecule has 2 N–H and O–H groups in total. The molecule has 0 saturated heterocycles. The first kappa shape index (κ1) is 13.0. The lowest BCUT2D eigenvalue weighted by atomic mass is 10.5. The molecule has 1 aromatic heterocycles. The summed E-state index contributed by atoms with van der Waals surface area (Å²) >= 11 is 1.70. The number of guanidine groups is 1. The maximum Gasteiger partial charge on any atom is 0.191 e. The second-order valence-electron chi connectivity index (χ2n) is 3.47. The molecule has 1 rings (SSSR count). The van der Waals surface area contributed by atoms with E-state index in [9.17, 15) is 0 Å². The third-order valence-corrected chi connectivity index (χ3v) is 2.85. The minimum Gasteiger partial charge on any atom is -0.357 e. The molecule has 0 atom stereocenters. The van der Waals surface area contributed by atoms with E-state index in [0.717, 1.165) is 30.5 Å². The first-order valence-electron chi connectivity index (χ1n) is 5.69. The lowest BCUT2D eigenvalue weighted by Crippen LogP contribution is -2.37. The molecule has 0 aliphatic carbocycles. The molecular formula is C11H20N4S. The zero-order chi connectivity index (χ0) is 11.8. The highest BCUT2D eigenvalue weighted by atomic mass is 32.1. The van der Waals surface area contributed by atoms with Gasteiger partial charge in [-0.25, -0.2) is 9.98 Å². The monoisotopic (exact) mass is 240 g/mol. The highest BCUT2D eigenvalue weighted by molar-refractivity contribution is 7.11. The molecule has 0 amide bonds. The highest BCUT2D eigenvalue weighted by Gasteiger charge is 1.98. The Balaban J connectivity index is 2.49. The van der Waals surface area contributed by atoms with Gasteiger partial charge >= 0.3 is 0 Å². The molecule has 4 nitrogen and oxygen atoms in total. The summed E-state index contributed by atoms with van der Waals surface area (Å²) in [4.78, 5) is 9.91. The molecule has 0 radical (unpaired) electrons. The van der Waals surface area contributed by atoms with Crippen molar-refractivity contribution < 1.29 is 0 Å². The van der Waals surface area contributed by atoms with Crippen LogP contribution >= 0.6 is 11.3 Å². The van der Waals surface area contributed by atoms with Crippen molar-refractivity contribution in [3.63, 3.8) is 0 Å². The van der Waals surface area contributed by atoms with Gasteiger partial charge in [-0.15, -0.1) is 11.3 Å². The molecule has 90 valence electrons. The Hall–Kier alpha value is -1.10. The van der Waals surface area contributed by atoms with Crippen molar-refractivity contribution in [2.75, 3.05) is 13.1 Å². The predicted octanol–water partition coefficient (Wildman–Crippen LogP) is 1.92. The Morgan fingerprint density at radius 3 is 2.81 bits per heavy atom. The fraction of sp³-hybridized carbons (Fsp3) is 0.636. The van der Waals surface area contributed by atoms with E-state index < -0.39 is 0 Å². The van der Waals surface area contributed by atoms with E-state index in [1.807, 2.05) is 13.1 Å². The number of aliphatic imine (C=N–C) groups is 1. The summed E-state index contributed by atoms with van der Waals surface area (Å²) in [5.41, 5.74) is 0. The maximum absolute atomic E-state index is 4.50. The number of hydrogen-bond donors (Lipinski definition) is 2. The van der Waals surface area contributed by atoms with Crippen LogP contribution in [0.15, 0.2) is 11.2 Å². The first-order valence-corrected chi connectivity index (χ1v) is 6.51. The minimum atomic E-state index is 0.699. The summed E-state index contributed by atoms with van der Waals surface area (Å²) in [6, 6.07) is 0. The molecule has 5 heteroatoms.